The Morgan fingerprint density at radius 1 is 1.21 bits per heavy atom. The third kappa shape index (κ3) is 2.12. The highest BCUT2D eigenvalue weighted by Gasteiger charge is 2.39. The maximum Gasteiger partial charge on any atom is 0.00705 e. The second kappa shape index (κ2) is 4.19. The van der Waals surface area contributed by atoms with Crippen LogP contribution in [0.5, 0.6) is 0 Å². The van der Waals surface area contributed by atoms with E-state index in [-0.39, 0.29) is 0 Å². The SMILES string of the molecule is CNC1C[C@@H]2CN(CC(C)C)C[C@@H]2C1. The van der Waals surface area contributed by atoms with Gasteiger partial charge in [0.25, 0.3) is 0 Å². The first kappa shape index (κ1) is 10.4. The van der Waals surface area contributed by atoms with Crippen molar-refractivity contribution in [2.75, 3.05) is 26.7 Å². The van der Waals surface area contributed by atoms with E-state index in [9.17, 15) is 0 Å². The number of hydrogen-bond acceptors (Lipinski definition) is 2. The lowest BCUT2D eigenvalue weighted by atomic mass is 10.0. The minimum atomic E-state index is 0.811. The molecule has 2 nitrogen and oxygen atoms in total. The average molecular weight is 196 g/mol. The number of nitrogens with zero attached hydrogens (tertiary/aromatic N) is 1. The molecule has 1 saturated heterocycles. The van der Waals surface area contributed by atoms with Gasteiger partial charge >= 0.3 is 0 Å². The summed E-state index contributed by atoms with van der Waals surface area (Å²) < 4.78 is 0. The summed E-state index contributed by atoms with van der Waals surface area (Å²) in [5, 5.41) is 3.43. The molecule has 0 aromatic carbocycles. The second-order valence-electron chi connectivity index (χ2n) is 5.59. The number of nitrogens with one attached hydrogen (secondary N) is 1. The molecular formula is C12H24N2. The lowest BCUT2D eigenvalue weighted by molar-refractivity contribution is 0.271. The molecule has 1 N–H and O–H groups in total. The molecule has 1 heterocycles. The van der Waals surface area contributed by atoms with Gasteiger partial charge in [0.15, 0.2) is 0 Å². The van der Waals surface area contributed by atoms with Crippen LogP contribution >= 0.6 is 0 Å². The fourth-order valence-electron chi connectivity index (χ4n) is 3.30. The van der Waals surface area contributed by atoms with Crippen molar-refractivity contribution in [1.29, 1.82) is 0 Å². The molecule has 0 amide bonds. The van der Waals surface area contributed by atoms with E-state index in [0.717, 1.165) is 23.8 Å². The van der Waals surface area contributed by atoms with Crippen LogP contribution in [-0.2, 0) is 0 Å². The predicted molar refractivity (Wildman–Crippen MR) is 60.3 cm³/mol. The van der Waals surface area contributed by atoms with E-state index in [2.05, 4.69) is 31.1 Å². The fraction of sp³-hybridized carbons (Fsp3) is 1.00. The number of rotatable bonds is 3. The molecule has 2 aliphatic rings. The van der Waals surface area contributed by atoms with Crippen LogP contribution < -0.4 is 5.32 Å². The molecule has 0 aromatic heterocycles. The first-order valence-corrected chi connectivity index (χ1v) is 6.08. The second-order valence-corrected chi connectivity index (χ2v) is 5.59. The minimum Gasteiger partial charge on any atom is -0.317 e. The zero-order chi connectivity index (χ0) is 10.1. The Balaban J connectivity index is 1.81. The van der Waals surface area contributed by atoms with Crippen molar-refractivity contribution in [2.45, 2.75) is 32.7 Å². The van der Waals surface area contributed by atoms with Gasteiger partial charge in [-0.05, 0) is 37.6 Å². The van der Waals surface area contributed by atoms with Crippen molar-refractivity contribution < 1.29 is 0 Å². The molecule has 1 aliphatic carbocycles. The van der Waals surface area contributed by atoms with E-state index in [1.807, 2.05) is 0 Å². The van der Waals surface area contributed by atoms with E-state index in [1.54, 1.807) is 0 Å². The molecule has 2 fully saturated rings. The zero-order valence-electron chi connectivity index (χ0n) is 9.79. The topological polar surface area (TPSA) is 15.3 Å². The molecule has 1 saturated carbocycles. The molecule has 0 bridgehead atoms. The molecule has 14 heavy (non-hydrogen) atoms. The molecule has 0 radical (unpaired) electrons. The van der Waals surface area contributed by atoms with Gasteiger partial charge in [-0.25, -0.2) is 0 Å². The van der Waals surface area contributed by atoms with Crippen molar-refractivity contribution in [1.82, 2.24) is 10.2 Å². The van der Waals surface area contributed by atoms with E-state index in [1.165, 1.54) is 32.5 Å². The van der Waals surface area contributed by atoms with Crippen LogP contribution in [0.1, 0.15) is 26.7 Å². The van der Waals surface area contributed by atoms with Crippen LogP contribution in [0.2, 0.25) is 0 Å². The van der Waals surface area contributed by atoms with E-state index in [4.69, 9.17) is 0 Å². The van der Waals surface area contributed by atoms with Gasteiger partial charge in [-0.1, -0.05) is 13.8 Å². The Kier molecular flexibility index (Phi) is 3.13. The maximum absolute atomic E-state index is 3.43. The number of hydrogen-bond donors (Lipinski definition) is 1. The lowest BCUT2D eigenvalue weighted by Gasteiger charge is -2.20. The van der Waals surface area contributed by atoms with Gasteiger partial charge < -0.3 is 10.2 Å². The van der Waals surface area contributed by atoms with Gasteiger partial charge in [-0.15, -0.1) is 0 Å². The highest BCUT2D eigenvalue weighted by Crippen LogP contribution is 2.37. The summed E-state index contributed by atoms with van der Waals surface area (Å²) >= 11 is 0. The summed E-state index contributed by atoms with van der Waals surface area (Å²) in [6.45, 7) is 8.67. The van der Waals surface area contributed by atoms with Crippen molar-refractivity contribution in [3.8, 4) is 0 Å². The zero-order valence-corrected chi connectivity index (χ0v) is 9.79. The lowest BCUT2D eigenvalue weighted by Crippen LogP contribution is -2.29. The van der Waals surface area contributed by atoms with Crippen LogP contribution in [0.15, 0.2) is 0 Å². The van der Waals surface area contributed by atoms with Crippen molar-refractivity contribution in [2.24, 2.45) is 17.8 Å². The Morgan fingerprint density at radius 3 is 2.21 bits per heavy atom. The Hall–Kier alpha value is -0.0800. The summed E-state index contributed by atoms with van der Waals surface area (Å²) in [5.41, 5.74) is 0. The largest absolute Gasteiger partial charge is 0.317 e. The minimum absolute atomic E-state index is 0.811. The van der Waals surface area contributed by atoms with Gasteiger partial charge in [-0.3, -0.25) is 0 Å². The van der Waals surface area contributed by atoms with Gasteiger partial charge in [-0.2, -0.15) is 0 Å². The van der Waals surface area contributed by atoms with E-state index >= 15 is 0 Å². The first-order chi connectivity index (χ1) is 6.69. The number of likely N-dealkylation sites (tertiary alicyclic amines) is 1. The van der Waals surface area contributed by atoms with Crippen LogP contribution in [0.3, 0.4) is 0 Å². The quantitative estimate of drug-likeness (QED) is 0.737. The normalized spacial score (nSPS) is 38.1. The van der Waals surface area contributed by atoms with Gasteiger partial charge in [0.05, 0.1) is 0 Å². The molecule has 2 rings (SSSR count). The summed E-state index contributed by atoms with van der Waals surface area (Å²) in [6, 6.07) is 0.811. The van der Waals surface area contributed by atoms with Crippen LogP contribution in [-0.4, -0.2) is 37.6 Å². The van der Waals surface area contributed by atoms with Crippen molar-refractivity contribution in [3.63, 3.8) is 0 Å². The van der Waals surface area contributed by atoms with Crippen LogP contribution in [0.25, 0.3) is 0 Å². The molecule has 0 spiro atoms. The third-order valence-corrected chi connectivity index (χ3v) is 3.86. The van der Waals surface area contributed by atoms with Crippen molar-refractivity contribution >= 4 is 0 Å². The first-order valence-electron chi connectivity index (χ1n) is 6.08. The third-order valence-electron chi connectivity index (χ3n) is 3.86. The summed E-state index contributed by atoms with van der Waals surface area (Å²) in [5.74, 6) is 2.81. The molecule has 0 aromatic rings. The van der Waals surface area contributed by atoms with Crippen LogP contribution in [0.4, 0.5) is 0 Å². The predicted octanol–water partition coefficient (Wildman–Crippen LogP) is 1.57. The van der Waals surface area contributed by atoms with E-state index in [0.29, 0.717) is 0 Å². The molecule has 1 aliphatic heterocycles. The molecule has 3 atom stereocenters. The summed E-state index contributed by atoms with van der Waals surface area (Å²) in [4.78, 5) is 2.67. The van der Waals surface area contributed by atoms with Gasteiger partial charge in [0.2, 0.25) is 0 Å². The van der Waals surface area contributed by atoms with Crippen molar-refractivity contribution in [3.05, 3.63) is 0 Å². The Labute approximate surface area is 88.1 Å². The van der Waals surface area contributed by atoms with Gasteiger partial charge in [0.1, 0.15) is 0 Å². The average Bonchev–Trinajstić information content (AvgIpc) is 2.59. The highest BCUT2D eigenvalue weighted by molar-refractivity contribution is 4.94. The summed E-state index contributed by atoms with van der Waals surface area (Å²) in [7, 11) is 2.11. The maximum atomic E-state index is 3.43. The molecular weight excluding hydrogens is 172 g/mol. The smallest absolute Gasteiger partial charge is 0.00705 e. The highest BCUT2D eigenvalue weighted by atomic mass is 15.2. The Morgan fingerprint density at radius 2 is 1.79 bits per heavy atom. The standard InChI is InChI=1S/C12H24N2/c1-9(2)6-14-7-10-4-12(13-3)5-11(10)8-14/h9-13H,4-8H2,1-3H3/t10-,11+,12?. The van der Waals surface area contributed by atoms with Crippen LogP contribution in [0, 0.1) is 17.8 Å². The molecule has 2 heteroatoms. The molecule has 1 unspecified atom stereocenters. The summed E-state index contributed by atoms with van der Waals surface area (Å²) in [6.07, 6.45) is 2.82. The van der Waals surface area contributed by atoms with Gasteiger partial charge in [0, 0.05) is 25.7 Å². The Bertz CT molecular complexity index is 177. The molecule has 82 valence electrons. The monoisotopic (exact) mass is 196 g/mol. The van der Waals surface area contributed by atoms with E-state index < -0.39 is 0 Å². The fourth-order valence-corrected chi connectivity index (χ4v) is 3.30. The number of fused-ring (bicyclic) bond motifs is 1.